The molecule has 2 aliphatic rings. The van der Waals surface area contributed by atoms with Crippen LogP contribution in [0.5, 0.6) is 0 Å². The molecule has 0 atom stereocenters. The molecule has 0 spiro atoms. The summed E-state index contributed by atoms with van der Waals surface area (Å²) in [5, 5.41) is 27.7. The van der Waals surface area contributed by atoms with Gasteiger partial charge in [-0.2, -0.15) is 10.2 Å². The Balaban J connectivity index is 1.37. The average Bonchev–Trinajstić information content (AvgIpc) is 3.17. The van der Waals surface area contributed by atoms with E-state index in [9.17, 15) is 9.59 Å². The van der Waals surface area contributed by atoms with Crippen LogP contribution in [0.25, 0.3) is 0 Å². The Morgan fingerprint density at radius 3 is 2.80 bits per heavy atom. The molecule has 2 heterocycles. The number of terminal acetylenes is 1. The van der Waals surface area contributed by atoms with Crippen molar-refractivity contribution in [1.29, 1.82) is 0 Å². The zero-order chi connectivity index (χ0) is 17.9. The second-order valence-electron chi connectivity index (χ2n) is 6.51. The summed E-state index contributed by atoms with van der Waals surface area (Å²) in [4.78, 5) is 22.8. The third-order valence-electron chi connectivity index (χ3n) is 4.67. The minimum Gasteiger partial charge on any atom is -0.481 e. The molecule has 2 N–H and O–H groups in total. The van der Waals surface area contributed by atoms with Crippen LogP contribution in [-0.4, -0.2) is 37.6 Å². The number of nitrogens with one attached hydrogen (secondary N) is 1. The first-order valence-electron chi connectivity index (χ1n) is 8.29. The van der Waals surface area contributed by atoms with Crippen molar-refractivity contribution < 1.29 is 14.7 Å². The molecule has 3 rings (SSSR count). The summed E-state index contributed by atoms with van der Waals surface area (Å²) in [5.74, 6) is 1.40. The van der Waals surface area contributed by atoms with E-state index in [0.717, 1.165) is 0 Å². The van der Waals surface area contributed by atoms with Crippen LogP contribution in [0.2, 0.25) is 0 Å². The van der Waals surface area contributed by atoms with Gasteiger partial charge in [-0.15, -0.1) is 17.4 Å². The van der Waals surface area contributed by atoms with Crippen LogP contribution in [0.15, 0.2) is 16.4 Å². The number of amides is 1. The van der Waals surface area contributed by atoms with Crippen LogP contribution in [0.4, 0.5) is 0 Å². The first-order chi connectivity index (χ1) is 12.0. The molecule has 1 saturated carbocycles. The Hall–Kier alpha value is -2.76. The number of aliphatic carboxylic acids is 1. The number of carboxylic acids is 1. The number of rotatable bonds is 9. The van der Waals surface area contributed by atoms with E-state index in [1.165, 1.54) is 0 Å². The summed E-state index contributed by atoms with van der Waals surface area (Å²) in [6.45, 7) is 0.291. The highest BCUT2D eigenvalue weighted by atomic mass is 16.4. The van der Waals surface area contributed by atoms with Gasteiger partial charge in [-0.05, 0) is 12.8 Å². The maximum atomic E-state index is 11.9. The van der Waals surface area contributed by atoms with Gasteiger partial charge in [0.1, 0.15) is 5.69 Å². The van der Waals surface area contributed by atoms with Crippen LogP contribution in [0.1, 0.15) is 50.3 Å². The van der Waals surface area contributed by atoms with Crippen LogP contribution < -0.4 is 5.32 Å². The summed E-state index contributed by atoms with van der Waals surface area (Å²) in [6, 6.07) is 0.0761. The molecule has 1 aliphatic carbocycles. The number of hydrogen-bond donors (Lipinski definition) is 2. The van der Waals surface area contributed by atoms with Crippen molar-refractivity contribution in [3.63, 3.8) is 0 Å². The van der Waals surface area contributed by atoms with Gasteiger partial charge in [0, 0.05) is 25.7 Å². The number of carbonyl (C=O) groups is 2. The molecule has 1 amide bonds. The van der Waals surface area contributed by atoms with Gasteiger partial charge in [0.05, 0.1) is 24.7 Å². The van der Waals surface area contributed by atoms with Gasteiger partial charge >= 0.3 is 5.97 Å². The highest BCUT2D eigenvalue weighted by Gasteiger charge is 2.39. The molecule has 1 aliphatic heterocycles. The number of nitrogens with zero attached hydrogens (tertiary/aromatic N) is 5. The highest BCUT2D eigenvalue weighted by molar-refractivity contribution is 5.75. The fourth-order valence-corrected chi connectivity index (χ4v) is 2.84. The van der Waals surface area contributed by atoms with E-state index in [0.29, 0.717) is 50.8 Å². The van der Waals surface area contributed by atoms with Crippen LogP contribution >= 0.6 is 0 Å². The van der Waals surface area contributed by atoms with Gasteiger partial charge in [-0.25, -0.2) is 4.68 Å². The molecule has 1 fully saturated rings. The Morgan fingerprint density at radius 2 is 2.16 bits per heavy atom. The summed E-state index contributed by atoms with van der Waals surface area (Å²) in [6.07, 6.45) is 10.3. The molecule has 25 heavy (non-hydrogen) atoms. The lowest BCUT2D eigenvalue weighted by atomic mass is 9.80. The van der Waals surface area contributed by atoms with Crippen LogP contribution in [-0.2, 0) is 16.1 Å². The summed E-state index contributed by atoms with van der Waals surface area (Å²) in [7, 11) is 0. The van der Waals surface area contributed by atoms with Crippen LogP contribution in [0.3, 0.4) is 0 Å². The molecule has 0 aromatic carbocycles. The standard InChI is InChI=1S/C16H20N6O3/c1-2-3-5-16(19-20-16)6-4-14(23)17-9-12-10-22(21-18-12)13-7-11(8-13)15(24)25/h1,10-11,13H,3-9H2,(H,17,23)(H,24,25). The van der Waals surface area contributed by atoms with Crippen molar-refractivity contribution in [3.05, 3.63) is 11.9 Å². The predicted octanol–water partition coefficient (Wildman–Crippen LogP) is 1.29. The molecule has 9 heteroatoms. The Morgan fingerprint density at radius 1 is 1.40 bits per heavy atom. The molecule has 9 nitrogen and oxygen atoms in total. The third-order valence-corrected chi connectivity index (χ3v) is 4.67. The first kappa shape index (κ1) is 17.1. The lowest BCUT2D eigenvalue weighted by Crippen LogP contribution is -2.32. The number of carboxylic acid groups (broad SMARTS) is 1. The number of aromatic nitrogens is 3. The molecule has 1 aromatic heterocycles. The minimum atomic E-state index is -0.766. The topological polar surface area (TPSA) is 122 Å². The van der Waals surface area contributed by atoms with Gasteiger partial charge in [0.15, 0.2) is 5.66 Å². The van der Waals surface area contributed by atoms with E-state index in [1.54, 1.807) is 10.9 Å². The summed E-state index contributed by atoms with van der Waals surface area (Å²) >= 11 is 0. The van der Waals surface area contributed by atoms with E-state index >= 15 is 0 Å². The van der Waals surface area contributed by atoms with E-state index in [1.807, 2.05) is 0 Å². The molecular weight excluding hydrogens is 324 g/mol. The normalized spacial score (nSPS) is 22.7. The van der Waals surface area contributed by atoms with Crippen molar-refractivity contribution >= 4 is 11.9 Å². The third kappa shape index (κ3) is 4.21. The van der Waals surface area contributed by atoms with E-state index in [-0.39, 0.29) is 17.9 Å². The van der Waals surface area contributed by atoms with Gasteiger partial charge < -0.3 is 10.4 Å². The summed E-state index contributed by atoms with van der Waals surface area (Å²) < 4.78 is 1.68. The second-order valence-corrected chi connectivity index (χ2v) is 6.51. The molecular formula is C16H20N6O3. The zero-order valence-electron chi connectivity index (χ0n) is 13.8. The quantitative estimate of drug-likeness (QED) is 0.654. The lowest BCUT2D eigenvalue weighted by Gasteiger charge is -2.31. The van der Waals surface area contributed by atoms with Crippen molar-refractivity contribution in [2.45, 2.75) is 56.8 Å². The second kappa shape index (κ2) is 7.01. The molecule has 132 valence electrons. The van der Waals surface area contributed by atoms with E-state index in [2.05, 4.69) is 31.8 Å². The van der Waals surface area contributed by atoms with Crippen molar-refractivity contribution in [2.75, 3.05) is 0 Å². The Labute approximate surface area is 144 Å². The smallest absolute Gasteiger partial charge is 0.306 e. The SMILES string of the molecule is C#CCCC1(CCC(=O)NCc2cn(C3CC(C(=O)O)C3)nn2)N=N1. The van der Waals surface area contributed by atoms with Crippen molar-refractivity contribution in [1.82, 2.24) is 20.3 Å². The first-order valence-corrected chi connectivity index (χ1v) is 8.29. The fourth-order valence-electron chi connectivity index (χ4n) is 2.84. The predicted molar refractivity (Wildman–Crippen MR) is 86.2 cm³/mol. The van der Waals surface area contributed by atoms with Crippen molar-refractivity contribution in [3.8, 4) is 12.3 Å². The minimum absolute atomic E-state index is 0.0761. The molecule has 0 radical (unpaired) electrons. The number of carbonyl (C=O) groups excluding carboxylic acids is 1. The zero-order valence-corrected chi connectivity index (χ0v) is 13.8. The molecule has 1 aromatic rings. The monoisotopic (exact) mass is 344 g/mol. The van der Waals surface area contributed by atoms with Gasteiger partial charge in [-0.1, -0.05) is 5.21 Å². The maximum absolute atomic E-state index is 11.9. The summed E-state index contributed by atoms with van der Waals surface area (Å²) in [5.41, 5.74) is 0.201. The Kier molecular flexibility index (Phi) is 4.79. The van der Waals surface area contributed by atoms with Crippen LogP contribution in [0, 0.1) is 18.3 Å². The highest BCUT2D eigenvalue weighted by Crippen LogP contribution is 2.38. The molecule has 0 unspecified atom stereocenters. The lowest BCUT2D eigenvalue weighted by molar-refractivity contribution is -0.146. The largest absolute Gasteiger partial charge is 0.481 e. The van der Waals surface area contributed by atoms with Gasteiger partial charge in [0.2, 0.25) is 5.91 Å². The Bertz CT molecular complexity index is 722. The van der Waals surface area contributed by atoms with E-state index < -0.39 is 11.6 Å². The van der Waals surface area contributed by atoms with Gasteiger partial charge in [-0.3, -0.25) is 9.59 Å². The maximum Gasteiger partial charge on any atom is 0.306 e. The average molecular weight is 344 g/mol. The van der Waals surface area contributed by atoms with Gasteiger partial charge in [0.25, 0.3) is 0 Å². The molecule has 0 bridgehead atoms. The fraction of sp³-hybridized carbons (Fsp3) is 0.625. The number of hydrogen-bond acceptors (Lipinski definition) is 6. The van der Waals surface area contributed by atoms with E-state index in [4.69, 9.17) is 11.5 Å². The molecule has 0 saturated heterocycles. The van der Waals surface area contributed by atoms with Crippen molar-refractivity contribution in [2.24, 2.45) is 16.1 Å².